The molecule has 0 fully saturated rings. The molecule has 0 spiro atoms. The number of fused-ring (bicyclic) bond motifs is 1. The van der Waals surface area contributed by atoms with Crippen LogP contribution in [0.25, 0.3) is 6.08 Å². The molecule has 1 aliphatic heterocycles. The second-order valence-electron chi connectivity index (χ2n) is 7.89. The summed E-state index contributed by atoms with van der Waals surface area (Å²) >= 11 is 0. The number of sulfonamides is 1. The molecule has 7 nitrogen and oxygen atoms in total. The maximum atomic E-state index is 12.6. The van der Waals surface area contributed by atoms with E-state index in [1.165, 1.54) is 6.08 Å². The number of sulfone groups is 1. The Labute approximate surface area is 188 Å². The summed E-state index contributed by atoms with van der Waals surface area (Å²) in [5, 5.41) is 5.62. The lowest BCUT2D eigenvalue weighted by Gasteiger charge is -2.15. The summed E-state index contributed by atoms with van der Waals surface area (Å²) in [7, 11) is -7.00. The van der Waals surface area contributed by atoms with Gasteiger partial charge in [0, 0.05) is 29.1 Å². The van der Waals surface area contributed by atoms with E-state index in [4.69, 9.17) is 0 Å². The topological polar surface area (TPSA) is 98.1 Å². The minimum atomic E-state index is -3.76. The molecule has 3 aromatic rings. The molecule has 0 radical (unpaired) electrons. The van der Waals surface area contributed by atoms with Crippen molar-refractivity contribution in [1.29, 1.82) is 0 Å². The largest absolute Gasteiger partial charge is 0.264 e. The van der Waals surface area contributed by atoms with E-state index >= 15 is 0 Å². The Bertz CT molecular complexity index is 1330. The molecule has 1 aromatic heterocycles. The molecule has 1 atom stereocenters. The fourth-order valence-electron chi connectivity index (χ4n) is 3.81. The van der Waals surface area contributed by atoms with Gasteiger partial charge in [-0.2, -0.15) is 5.10 Å². The van der Waals surface area contributed by atoms with Crippen LogP contribution >= 0.6 is 0 Å². The van der Waals surface area contributed by atoms with Crippen LogP contribution in [-0.2, 0) is 38.6 Å². The normalized spacial score (nSPS) is 16.7. The van der Waals surface area contributed by atoms with Crippen molar-refractivity contribution in [2.24, 2.45) is 0 Å². The van der Waals surface area contributed by atoms with Gasteiger partial charge in [-0.1, -0.05) is 60.7 Å². The SMILES string of the molecule is C[C@@H](NS(=O)(=O)/C=C/c1nn(Cc2ccccc2)c2c1CS(=O)(=O)CC2)c1ccccc1. The molecule has 32 heavy (non-hydrogen) atoms. The van der Waals surface area contributed by atoms with Gasteiger partial charge in [0.25, 0.3) is 0 Å². The third-order valence-electron chi connectivity index (χ3n) is 5.43. The molecule has 4 rings (SSSR count). The molecule has 168 valence electrons. The van der Waals surface area contributed by atoms with Crippen LogP contribution in [0.3, 0.4) is 0 Å². The molecule has 0 amide bonds. The standard InChI is InChI=1S/C23H25N3O4S2/c1-18(20-10-6-3-7-11-20)25-32(29,30)15-12-22-21-17-31(27,28)14-13-23(21)26(24-22)16-19-8-4-2-5-9-19/h2-12,15,18,25H,13-14,16-17H2,1H3/b15-12+/t18-/m1/s1. The summed E-state index contributed by atoms with van der Waals surface area (Å²) in [6, 6.07) is 18.6. The molecule has 0 saturated carbocycles. The van der Waals surface area contributed by atoms with Gasteiger partial charge in [0.1, 0.15) is 0 Å². The highest BCUT2D eigenvalue weighted by atomic mass is 32.2. The van der Waals surface area contributed by atoms with Gasteiger partial charge >= 0.3 is 0 Å². The van der Waals surface area contributed by atoms with E-state index in [0.29, 0.717) is 24.2 Å². The molecule has 0 bridgehead atoms. The number of hydrogen-bond donors (Lipinski definition) is 1. The lowest BCUT2D eigenvalue weighted by atomic mass is 10.1. The summed E-state index contributed by atoms with van der Waals surface area (Å²) in [5.74, 6) is -0.0667. The van der Waals surface area contributed by atoms with Crippen molar-refractivity contribution in [1.82, 2.24) is 14.5 Å². The Morgan fingerprint density at radius 3 is 2.44 bits per heavy atom. The van der Waals surface area contributed by atoms with Gasteiger partial charge in [0.2, 0.25) is 10.0 Å². The summed E-state index contributed by atoms with van der Waals surface area (Å²) < 4.78 is 54.2. The van der Waals surface area contributed by atoms with Crippen molar-refractivity contribution in [3.63, 3.8) is 0 Å². The second-order valence-corrected chi connectivity index (χ2v) is 11.7. The van der Waals surface area contributed by atoms with E-state index in [-0.39, 0.29) is 11.5 Å². The highest BCUT2D eigenvalue weighted by Crippen LogP contribution is 2.26. The van der Waals surface area contributed by atoms with E-state index in [1.807, 2.05) is 60.7 Å². The van der Waals surface area contributed by atoms with Crippen LogP contribution in [0.4, 0.5) is 0 Å². The molecule has 2 aromatic carbocycles. The van der Waals surface area contributed by atoms with Crippen molar-refractivity contribution < 1.29 is 16.8 Å². The third kappa shape index (κ3) is 5.35. The molecule has 9 heteroatoms. The van der Waals surface area contributed by atoms with E-state index in [1.54, 1.807) is 11.6 Å². The number of nitrogens with zero attached hydrogens (tertiary/aromatic N) is 2. The second kappa shape index (κ2) is 9.01. The Kier molecular flexibility index (Phi) is 6.32. The molecule has 0 unspecified atom stereocenters. The summed E-state index contributed by atoms with van der Waals surface area (Å²) in [5.41, 5.74) is 3.67. The predicted octanol–water partition coefficient (Wildman–Crippen LogP) is 3.05. The highest BCUT2D eigenvalue weighted by Gasteiger charge is 2.28. The van der Waals surface area contributed by atoms with Crippen molar-refractivity contribution in [2.75, 3.05) is 5.75 Å². The zero-order valence-electron chi connectivity index (χ0n) is 17.7. The summed E-state index contributed by atoms with van der Waals surface area (Å²) in [6.45, 7) is 2.26. The van der Waals surface area contributed by atoms with Gasteiger partial charge in [0.05, 0.1) is 23.7 Å². The highest BCUT2D eigenvalue weighted by molar-refractivity contribution is 7.92. The first-order valence-electron chi connectivity index (χ1n) is 10.3. The number of hydrogen-bond acceptors (Lipinski definition) is 5. The molecule has 1 aliphatic rings. The Morgan fingerprint density at radius 2 is 1.75 bits per heavy atom. The first-order chi connectivity index (χ1) is 15.2. The number of rotatable bonds is 7. The van der Waals surface area contributed by atoms with Crippen molar-refractivity contribution in [3.05, 3.63) is 94.1 Å². The van der Waals surface area contributed by atoms with Gasteiger partial charge < -0.3 is 0 Å². The van der Waals surface area contributed by atoms with Gasteiger partial charge in [-0.3, -0.25) is 4.68 Å². The van der Waals surface area contributed by atoms with Crippen LogP contribution < -0.4 is 4.72 Å². The van der Waals surface area contributed by atoms with E-state index in [9.17, 15) is 16.8 Å². The number of benzene rings is 2. The Balaban J connectivity index is 1.61. The zero-order chi connectivity index (χ0) is 22.8. The average Bonchev–Trinajstić information content (AvgIpc) is 3.08. The van der Waals surface area contributed by atoms with Gasteiger partial charge in [0.15, 0.2) is 9.84 Å². The van der Waals surface area contributed by atoms with Crippen LogP contribution in [0.1, 0.15) is 41.0 Å². The van der Waals surface area contributed by atoms with Crippen molar-refractivity contribution >= 4 is 25.9 Å². The van der Waals surface area contributed by atoms with E-state index in [2.05, 4.69) is 9.82 Å². The molecular weight excluding hydrogens is 446 g/mol. The minimum absolute atomic E-state index is 0.0675. The lowest BCUT2D eigenvalue weighted by Crippen LogP contribution is -2.24. The molecule has 0 aliphatic carbocycles. The fourth-order valence-corrected chi connectivity index (χ4v) is 6.22. The fraction of sp³-hybridized carbons (Fsp3) is 0.261. The predicted molar refractivity (Wildman–Crippen MR) is 125 cm³/mol. The van der Waals surface area contributed by atoms with Crippen molar-refractivity contribution in [2.45, 2.75) is 31.7 Å². The monoisotopic (exact) mass is 471 g/mol. The van der Waals surface area contributed by atoms with Gasteiger partial charge in [-0.05, 0) is 24.1 Å². The van der Waals surface area contributed by atoms with Gasteiger partial charge in [-0.25, -0.2) is 21.6 Å². The van der Waals surface area contributed by atoms with Crippen LogP contribution in [-0.4, -0.2) is 32.4 Å². The number of aromatic nitrogens is 2. The van der Waals surface area contributed by atoms with Crippen LogP contribution in [0.5, 0.6) is 0 Å². The number of nitrogens with one attached hydrogen (secondary N) is 1. The van der Waals surface area contributed by atoms with E-state index < -0.39 is 25.9 Å². The maximum Gasteiger partial charge on any atom is 0.234 e. The first kappa shape index (κ1) is 22.4. The van der Waals surface area contributed by atoms with Crippen LogP contribution in [0, 0.1) is 0 Å². The third-order valence-corrected chi connectivity index (χ3v) is 8.16. The minimum Gasteiger partial charge on any atom is -0.264 e. The lowest BCUT2D eigenvalue weighted by molar-refractivity contribution is 0.576. The quantitative estimate of drug-likeness (QED) is 0.571. The smallest absolute Gasteiger partial charge is 0.234 e. The average molecular weight is 472 g/mol. The molecule has 0 saturated heterocycles. The van der Waals surface area contributed by atoms with Crippen LogP contribution in [0.2, 0.25) is 0 Å². The molecular formula is C23H25N3O4S2. The van der Waals surface area contributed by atoms with Crippen LogP contribution in [0.15, 0.2) is 66.1 Å². The maximum absolute atomic E-state index is 12.6. The Hall–Kier alpha value is -2.75. The van der Waals surface area contributed by atoms with E-state index in [0.717, 1.165) is 22.2 Å². The summed E-state index contributed by atoms with van der Waals surface area (Å²) in [4.78, 5) is 0. The zero-order valence-corrected chi connectivity index (χ0v) is 19.3. The van der Waals surface area contributed by atoms with Gasteiger partial charge in [-0.15, -0.1) is 0 Å². The first-order valence-corrected chi connectivity index (χ1v) is 13.7. The molecule has 1 N–H and O–H groups in total. The molecule has 2 heterocycles. The Morgan fingerprint density at radius 1 is 1.09 bits per heavy atom. The summed E-state index contributed by atoms with van der Waals surface area (Å²) in [6.07, 6.45) is 1.75. The van der Waals surface area contributed by atoms with Crippen molar-refractivity contribution in [3.8, 4) is 0 Å².